The van der Waals surface area contributed by atoms with Gasteiger partial charge in [0.25, 0.3) is 0 Å². The molecular weight excluding hydrogens is 262 g/mol. The van der Waals surface area contributed by atoms with E-state index in [2.05, 4.69) is 39.0 Å². The lowest BCUT2D eigenvalue weighted by atomic mass is 9.70. The average Bonchev–Trinajstić information content (AvgIpc) is 2.72. The van der Waals surface area contributed by atoms with Crippen LogP contribution in [0.3, 0.4) is 0 Å². The standard InChI is InChI=1S/C14H24ClNOSi/c1-6-9-18(15)16(5)11-10-7-8-14(4,12(11)17-18)13(10,2)3/h6,10-12H,1,7-9H2,2-5H3. The smallest absolute Gasteiger partial charge is 0.377 e. The first kappa shape index (κ1) is 13.2. The van der Waals surface area contributed by atoms with Crippen molar-refractivity contribution in [1.29, 1.82) is 0 Å². The predicted octanol–water partition coefficient (Wildman–Crippen LogP) is 3.51. The van der Waals surface area contributed by atoms with Crippen molar-refractivity contribution in [2.24, 2.45) is 16.7 Å². The molecule has 4 heteroatoms. The number of hydrogen-bond acceptors (Lipinski definition) is 2. The van der Waals surface area contributed by atoms with E-state index in [1.165, 1.54) is 12.8 Å². The molecule has 3 fully saturated rings. The van der Waals surface area contributed by atoms with Crippen LogP contribution < -0.4 is 0 Å². The van der Waals surface area contributed by atoms with E-state index in [4.69, 9.17) is 15.5 Å². The van der Waals surface area contributed by atoms with Gasteiger partial charge in [-0.1, -0.05) is 26.8 Å². The van der Waals surface area contributed by atoms with E-state index in [0.717, 1.165) is 12.0 Å². The molecule has 0 N–H and O–H groups in total. The lowest BCUT2D eigenvalue weighted by Crippen LogP contribution is -2.48. The largest absolute Gasteiger partial charge is 0.386 e. The first-order valence-corrected chi connectivity index (χ1v) is 10.1. The average molecular weight is 286 g/mol. The minimum atomic E-state index is -2.25. The van der Waals surface area contributed by atoms with Crippen molar-refractivity contribution in [3.8, 4) is 0 Å². The minimum absolute atomic E-state index is 0.293. The summed E-state index contributed by atoms with van der Waals surface area (Å²) >= 11 is 6.81. The van der Waals surface area contributed by atoms with Crippen LogP contribution in [0, 0.1) is 16.7 Å². The van der Waals surface area contributed by atoms with Crippen molar-refractivity contribution >= 4 is 18.9 Å². The molecule has 1 aliphatic heterocycles. The Kier molecular flexibility index (Phi) is 2.65. The molecule has 0 amide bonds. The molecule has 0 aromatic rings. The maximum absolute atomic E-state index is 6.81. The third kappa shape index (κ3) is 1.27. The fraction of sp³-hybridized carbons (Fsp3) is 0.857. The Morgan fingerprint density at radius 3 is 2.72 bits per heavy atom. The van der Waals surface area contributed by atoms with Gasteiger partial charge in [0, 0.05) is 12.1 Å². The second-order valence-electron chi connectivity index (χ2n) is 7.11. The molecule has 2 bridgehead atoms. The number of hydrogen-bond donors (Lipinski definition) is 0. The Labute approximate surface area is 116 Å². The highest BCUT2D eigenvalue weighted by Crippen LogP contribution is 2.69. The van der Waals surface area contributed by atoms with E-state index in [9.17, 15) is 0 Å². The highest BCUT2D eigenvalue weighted by molar-refractivity contribution is 7.15. The molecule has 2 aliphatic carbocycles. The van der Waals surface area contributed by atoms with Crippen molar-refractivity contribution in [2.75, 3.05) is 7.05 Å². The molecule has 0 spiro atoms. The molecule has 0 aromatic carbocycles. The van der Waals surface area contributed by atoms with Gasteiger partial charge in [0.05, 0.1) is 6.10 Å². The molecule has 3 rings (SSSR count). The zero-order valence-electron chi connectivity index (χ0n) is 11.9. The monoisotopic (exact) mass is 285 g/mol. The van der Waals surface area contributed by atoms with Crippen LogP contribution in [0.25, 0.3) is 0 Å². The molecular formula is C14H24ClNOSi. The summed E-state index contributed by atoms with van der Waals surface area (Å²) in [4.78, 5) is 0. The number of halogens is 1. The summed E-state index contributed by atoms with van der Waals surface area (Å²) in [5.74, 6) is 0.732. The van der Waals surface area contributed by atoms with E-state index in [-0.39, 0.29) is 0 Å². The molecule has 1 saturated heterocycles. The number of rotatable bonds is 2. The van der Waals surface area contributed by atoms with Gasteiger partial charge < -0.3 is 4.43 Å². The van der Waals surface area contributed by atoms with Gasteiger partial charge in [0.1, 0.15) is 0 Å². The summed E-state index contributed by atoms with van der Waals surface area (Å²) in [6, 6.07) is 1.35. The lowest BCUT2D eigenvalue weighted by Gasteiger charge is -2.39. The van der Waals surface area contributed by atoms with Crippen LogP contribution in [0.15, 0.2) is 12.7 Å². The maximum Gasteiger partial charge on any atom is 0.377 e. The predicted molar refractivity (Wildman–Crippen MR) is 77.6 cm³/mol. The van der Waals surface area contributed by atoms with Crippen LogP contribution in [0.5, 0.6) is 0 Å². The van der Waals surface area contributed by atoms with E-state index < -0.39 is 7.79 Å². The molecule has 1 heterocycles. The summed E-state index contributed by atoms with van der Waals surface area (Å²) in [5, 5.41) is 0. The fourth-order valence-corrected chi connectivity index (χ4v) is 8.21. The third-order valence-electron chi connectivity index (χ3n) is 6.40. The second kappa shape index (κ2) is 3.63. The normalized spacial score (nSPS) is 53.7. The second-order valence-corrected chi connectivity index (χ2v) is 11.6. The van der Waals surface area contributed by atoms with Gasteiger partial charge in [-0.3, -0.25) is 4.57 Å². The molecule has 18 heavy (non-hydrogen) atoms. The van der Waals surface area contributed by atoms with Gasteiger partial charge in [0.2, 0.25) is 0 Å². The van der Waals surface area contributed by atoms with Gasteiger partial charge in [-0.25, -0.2) is 0 Å². The van der Waals surface area contributed by atoms with Gasteiger partial charge >= 0.3 is 7.79 Å². The highest BCUT2D eigenvalue weighted by Gasteiger charge is 2.73. The van der Waals surface area contributed by atoms with Crippen molar-refractivity contribution in [1.82, 2.24) is 4.57 Å². The van der Waals surface area contributed by atoms with Gasteiger partial charge in [-0.05, 0) is 36.6 Å². The van der Waals surface area contributed by atoms with Crippen molar-refractivity contribution in [2.45, 2.75) is 51.8 Å². The van der Waals surface area contributed by atoms with Crippen molar-refractivity contribution in [3.05, 3.63) is 12.7 Å². The number of fused-ring (bicyclic) bond motifs is 5. The molecule has 3 aliphatic rings. The number of nitrogens with zero attached hydrogens (tertiary/aromatic N) is 1. The first-order chi connectivity index (χ1) is 8.28. The summed E-state index contributed by atoms with van der Waals surface area (Å²) in [7, 11) is -0.0770. The third-order valence-corrected chi connectivity index (χ3v) is 10.7. The van der Waals surface area contributed by atoms with Crippen molar-refractivity contribution in [3.63, 3.8) is 0 Å². The molecule has 0 radical (unpaired) electrons. The Morgan fingerprint density at radius 1 is 1.50 bits per heavy atom. The topological polar surface area (TPSA) is 12.5 Å². The summed E-state index contributed by atoms with van der Waals surface area (Å²) in [6.07, 6.45) is 4.87. The summed E-state index contributed by atoms with van der Waals surface area (Å²) in [5.41, 5.74) is 0.665. The van der Waals surface area contributed by atoms with Gasteiger partial charge in [0.15, 0.2) is 0 Å². The minimum Gasteiger partial charge on any atom is -0.386 e. The highest BCUT2D eigenvalue weighted by atomic mass is 35.6. The molecule has 0 aromatic heterocycles. The maximum atomic E-state index is 6.81. The molecule has 2 nitrogen and oxygen atoms in total. The Morgan fingerprint density at radius 2 is 2.17 bits per heavy atom. The zero-order chi connectivity index (χ0) is 13.3. The van der Waals surface area contributed by atoms with E-state index >= 15 is 0 Å². The molecule has 2 saturated carbocycles. The van der Waals surface area contributed by atoms with Gasteiger partial charge in [-0.2, -0.15) is 0 Å². The number of likely N-dealkylation sites (N-methyl/N-ethyl adjacent to an activating group) is 1. The Hall–Kier alpha value is 0.167. The van der Waals surface area contributed by atoms with Crippen LogP contribution in [0.4, 0.5) is 0 Å². The number of allylic oxidation sites excluding steroid dienone is 1. The first-order valence-electron chi connectivity index (χ1n) is 6.98. The zero-order valence-corrected chi connectivity index (χ0v) is 13.6. The fourth-order valence-electron chi connectivity index (χ4n) is 4.80. The molecule has 102 valence electrons. The van der Waals surface area contributed by atoms with Gasteiger partial charge in [-0.15, -0.1) is 17.7 Å². The quantitative estimate of drug-likeness (QED) is 0.437. The van der Waals surface area contributed by atoms with Crippen LogP contribution in [0.1, 0.15) is 33.6 Å². The van der Waals surface area contributed by atoms with E-state index in [1.807, 2.05) is 6.08 Å². The van der Waals surface area contributed by atoms with E-state index in [1.54, 1.807) is 0 Å². The van der Waals surface area contributed by atoms with Crippen LogP contribution >= 0.6 is 11.1 Å². The van der Waals surface area contributed by atoms with E-state index in [0.29, 0.717) is 23.0 Å². The van der Waals surface area contributed by atoms with Crippen LogP contribution in [-0.4, -0.2) is 31.5 Å². The molecule has 5 atom stereocenters. The van der Waals surface area contributed by atoms with Crippen LogP contribution in [0.2, 0.25) is 6.04 Å². The summed E-state index contributed by atoms with van der Waals surface area (Å²) < 4.78 is 8.86. The lowest BCUT2D eigenvalue weighted by molar-refractivity contribution is 0.0335. The SMILES string of the molecule is C=CC[Si]1(Cl)OC2C(C3CCC2(C)C3(C)C)N1C. The summed E-state index contributed by atoms with van der Waals surface area (Å²) in [6.45, 7) is 11.1. The molecule has 5 unspecified atom stereocenters. The Balaban J connectivity index is 1.99. The Bertz CT molecular complexity index is 401. The van der Waals surface area contributed by atoms with Crippen LogP contribution in [-0.2, 0) is 4.43 Å². The van der Waals surface area contributed by atoms with Crippen molar-refractivity contribution < 1.29 is 4.43 Å².